The molecule has 1 saturated heterocycles. The maximum Gasteiger partial charge on any atom is 0.243 e. The molecule has 0 unspecified atom stereocenters. The van der Waals surface area contributed by atoms with E-state index in [2.05, 4.69) is 44.0 Å². The lowest BCUT2D eigenvalue weighted by Crippen LogP contribution is -2.41. The number of hydrogen-bond acceptors (Lipinski definition) is 2. The van der Waals surface area contributed by atoms with Gasteiger partial charge in [0.15, 0.2) is 0 Å². The van der Waals surface area contributed by atoms with E-state index in [0.29, 0.717) is 22.5 Å². The highest BCUT2D eigenvalue weighted by molar-refractivity contribution is 6.31. The van der Waals surface area contributed by atoms with Gasteiger partial charge in [0, 0.05) is 21.6 Å². The predicted octanol–water partition coefficient (Wildman–Crippen LogP) is 6.65. The summed E-state index contributed by atoms with van der Waals surface area (Å²) in [5, 5.41) is 1.80. The molecular formula is C28H29ClN2O2. The van der Waals surface area contributed by atoms with Crippen molar-refractivity contribution in [1.82, 2.24) is 4.98 Å². The van der Waals surface area contributed by atoms with Crippen molar-refractivity contribution in [3.8, 4) is 0 Å². The summed E-state index contributed by atoms with van der Waals surface area (Å²) in [4.78, 5) is 32.8. The fourth-order valence-electron chi connectivity index (χ4n) is 6.85. The number of carbonyl (C=O) groups is 2. The molecule has 33 heavy (non-hydrogen) atoms. The Morgan fingerprint density at radius 3 is 2.42 bits per heavy atom. The number of anilines is 1. The van der Waals surface area contributed by atoms with E-state index in [1.165, 1.54) is 15.8 Å². The van der Waals surface area contributed by atoms with Gasteiger partial charge in [-0.25, -0.2) is 4.90 Å². The molecular weight excluding hydrogens is 432 g/mol. The number of nitrogens with one attached hydrogen (secondary N) is 1. The second-order valence-corrected chi connectivity index (χ2v) is 11.6. The van der Waals surface area contributed by atoms with Crippen LogP contribution in [0.15, 0.2) is 48.5 Å². The van der Waals surface area contributed by atoms with Gasteiger partial charge in [0.25, 0.3) is 0 Å². The van der Waals surface area contributed by atoms with E-state index in [1.54, 1.807) is 24.3 Å². The van der Waals surface area contributed by atoms with Crippen molar-refractivity contribution in [2.24, 2.45) is 23.2 Å². The molecule has 1 aromatic heterocycles. The third kappa shape index (κ3) is 3.03. The number of aromatic nitrogens is 1. The first kappa shape index (κ1) is 21.0. The zero-order chi connectivity index (χ0) is 23.1. The van der Waals surface area contributed by atoms with Crippen molar-refractivity contribution in [2.75, 3.05) is 4.90 Å². The number of aromatic amines is 1. The molecule has 1 N–H and O–H groups in total. The lowest BCUT2D eigenvalue weighted by Gasteiger charge is -2.47. The van der Waals surface area contributed by atoms with Crippen molar-refractivity contribution < 1.29 is 9.59 Å². The molecule has 3 aliphatic rings. The molecule has 6 rings (SSSR count). The molecule has 1 saturated carbocycles. The maximum atomic E-state index is 13.9. The topological polar surface area (TPSA) is 53.2 Å². The highest BCUT2D eigenvalue weighted by Crippen LogP contribution is 2.59. The molecule has 5 atom stereocenters. The van der Waals surface area contributed by atoms with Gasteiger partial charge in [-0.3, -0.25) is 9.59 Å². The molecule has 2 aliphatic carbocycles. The van der Waals surface area contributed by atoms with Crippen LogP contribution in [-0.4, -0.2) is 16.8 Å². The highest BCUT2D eigenvalue weighted by Gasteiger charge is 2.59. The molecule has 3 aromatic rings. The van der Waals surface area contributed by atoms with Gasteiger partial charge < -0.3 is 4.98 Å². The van der Waals surface area contributed by atoms with Gasteiger partial charge in [0.05, 0.1) is 17.5 Å². The van der Waals surface area contributed by atoms with E-state index in [9.17, 15) is 9.59 Å². The fourth-order valence-corrected chi connectivity index (χ4v) is 6.97. The number of amides is 2. The number of benzene rings is 2. The minimum atomic E-state index is -0.449. The number of halogens is 1. The molecule has 0 radical (unpaired) electrons. The Hall–Kier alpha value is -2.59. The van der Waals surface area contributed by atoms with E-state index in [-0.39, 0.29) is 29.1 Å². The van der Waals surface area contributed by atoms with Crippen LogP contribution in [0.4, 0.5) is 5.69 Å². The summed E-state index contributed by atoms with van der Waals surface area (Å²) in [5.74, 6) is 0.0853. The molecule has 170 valence electrons. The van der Waals surface area contributed by atoms with Crippen molar-refractivity contribution >= 4 is 40.0 Å². The number of imide groups is 1. The average molecular weight is 461 g/mol. The summed E-state index contributed by atoms with van der Waals surface area (Å²) in [5.41, 5.74) is 4.10. The van der Waals surface area contributed by atoms with E-state index >= 15 is 0 Å². The van der Waals surface area contributed by atoms with Crippen LogP contribution in [0, 0.1) is 23.2 Å². The van der Waals surface area contributed by atoms with Gasteiger partial charge in [-0.15, -0.1) is 0 Å². The minimum absolute atomic E-state index is 0.0545. The van der Waals surface area contributed by atoms with Gasteiger partial charge in [-0.05, 0) is 78.3 Å². The summed E-state index contributed by atoms with van der Waals surface area (Å²) < 4.78 is 0. The molecule has 2 amide bonds. The zero-order valence-electron chi connectivity index (χ0n) is 19.3. The molecule has 2 aromatic carbocycles. The maximum absolute atomic E-state index is 13.9. The second kappa shape index (κ2) is 7.20. The number of rotatable bonds is 1. The molecule has 1 aliphatic heterocycles. The van der Waals surface area contributed by atoms with Crippen LogP contribution in [0.5, 0.6) is 0 Å². The number of carbonyl (C=O) groups excluding carboxylic acids is 2. The Balaban J connectivity index is 1.52. The lowest BCUT2D eigenvalue weighted by molar-refractivity contribution is -0.123. The SMILES string of the molecule is CC(C)(C)[C@@H]1CC[C@@H]2c3c([nH]c4ccccc34)[C@H]3C(=O)N(c4ccc(Cl)cc4)C(=O)[C@@H]3[C@@H]2C1. The van der Waals surface area contributed by atoms with Gasteiger partial charge in [0.1, 0.15) is 0 Å². The van der Waals surface area contributed by atoms with Crippen LogP contribution in [0.25, 0.3) is 10.9 Å². The molecule has 4 nitrogen and oxygen atoms in total. The first-order valence-corrected chi connectivity index (χ1v) is 12.4. The first-order valence-electron chi connectivity index (χ1n) is 12.0. The Labute approximate surface area is 199 Å². The second-order valence-electron chi connectivity index (χ2n) is 11.1. The normalized spacial score (nSPS) is 29.2. The van der Waals surface area contributed by atoms with Crippen molar-refractivity contribution in [1.29, 1.82) is 0 Å². The zero-order valence-corrected chi connectivity index (χ0v) is 20.0. The Kier molecular flexibility index (Phi) is 4.58. The van der Waals surface area contributed by atoms with Gasteiger partial charge in [-0.1, -0.05) is 50.6 Å². The van der Waals surface area contributed by atoms with Crippen LogP contribution in [-0.2, 0) is 9.59 Å². The van der Waals surface area contributed by atoms with Crippen molar-refractivity contribution in [3.63, 3.8) is 0 Å². The predicted molar refractivity (Wildman–Crippen MR) is 132 cm³/mol. The summed E-state index contributed by atoms with van der Waals surface area (Å²) in [6, 6.07) is 15.4. The Morgan fingerprint density at radius 1 is 0.970 bits per heavy atom. The van der Waals surface area contributed by atoms with E-state index in [4.69, 9.17) is 11.6 Å². The average Bonchev–Trinajstić information content (AvgIpc) is 3.29. The molecule has 5 heteroatoms. The van der Waals surface area contributed by atoms with Gasteiger partial charge in [0.2, 0.25) is 11.8 Å². The molecule has 2 fully saturated rings. The molecule has 2 heterocycles. The van der Waals surface area contributed by atoms with Crippen LogP contribution in [0.2, 0.25) is 5.02 Å². The standard InChI is InChI=1S/C28H29ClN2O2/c1-28(2,3)15-8-13-18-20(14-15)23-24(25-22(18)19-6-4-5-7-21(19)30-25)27(33)31(26(23)32)17-11-9-16(29)10-12-17/h4-7,9-12,15,18,20,23-24,30H,8,13-14H2,1-3H3/t15-,18+,20-,23-,24+/m1/s1. The number of H-pyrrole nitrogens is 1. The Bertz CT molecular complexity index is 1270. The largest absolute Gasteiger partial charge is 0.357 e. The van der Waals surface area contributed by atoms with Crippen LogP contribution >= 0.6 is 11.6 Å². The Morgan fingerprint density at radius 2 is 1.70 bits per heavy atom. The number of fused-ring (bicyclic) bond motifs is 8. The first-order chi connectivity index (χ1) is 15.8. The lowest BCUT2D eigenvalue weighted by atomic mass is 9.56. The summed E-state index contributed by atoms with van der Waals surface area (Å²) in [6.45, 7) is 6.91. The number of hydrogen-bond donors (Lipinski definition) is 1. The van der Waals surface area contributed by atoms with E-state index in [0.717, 1.165) is 30.5 Å². The fraction of sp³-hybridized carbons (Fsp3) is 0.429. The summed E-state index contributed by atoms with van der Waals surface area (Å²) in [6.07, 6.45) is 3.21. The van der Waals surface area contributed by atoms with Gasteiger partial charge in [-0.2, -0.15) is 0 Å². The summed E-state index contributed by atoms with van der Waals surface area (Å²) in [7, 11) is 0. The third-order valence-electron chi connectivity index (χ3n) is 8.48. The van der Waals surface area contributed by atoms with Crippen molar-refractivity contribution in [2.45, 2.75) is 51.9 Å². The van der Waals surface area contributed by atoms with Gasteiger partial charge >= 0.3 is 0 Å². The van der Waals surface area contributed by atoms with E-state index in [1.807, 2.05) is 6.07 Å². The van der Waals surface area contributed by atoms with Crippen LogP contribution in [0.3, 0.4) is 0 Å². The number of nitrogens with zero attached hydrogens (tertiary/aromatic N) is 1. The quantitative estimate of drug-likeness (QED) is 0.413. The smallest absolute Gasteiger partial charge is 0.243 e. The van der Waals surface area contributed by atoms with Crippen LogP contribution < -0.4 is 4.90 Å². The molecule has 0 bridgehead atoms. The third-order valence-corrected chi connectivity index (χ3v) is 8.73. The monoisotopic (exact) mass is 460 g/mol. The van der Waals surface area contributed by atoms with Crippen molar-refractivity contribution in [3.05, 3.63) is 64.8 Å². The van der Waals surface area contributed by atoms with Crippen LogP contribution in [0.1, 0.15) is 63.1 Å². The highest BCUT2D eigenvalue weighted by atomic mass is 35.5. The summed E-state index contributed by atoms with van der Waals surface area (Å²) >= 11 is 6.08. The number of para-hydroxylation sites is 1. The van der Waals surface area contributed by atoms with E-state index < -0.39 is 5.92 Å². The minimum Gasteiger partial charge on any atom is -0.357 e. The molecule has 0 spiro atoms.